The summed E-state index contributed by atoms with van der Waals surface area (Å²) in [5.41, 5.74) is 1.21. The van der Waals surface area contributed by atoms with Gasteiger partial charge < -0.3 is 10.2 Å². The summed E-state index contributed by atoms with van der Waals surface area (Å²) in [5, 5.41) is 3.39. The second-order valence-corrected chi connectivity index (χ2v) is 3.74. The van der Waals surface area contributed by atoms with Gasteiger partial charge in [0, 0.05) is 44.3 Å². The fourth-order valence-corrected chi connectivity index (χ4v) is 1.25. The lowest BCUT2D eigenvalue weighted by Gasteiger charge is -2.19. The van der Waals surface area contributed by atoms with Crippen LogP contribution in [0, 0.1) is 0 Å². The zero-order valence-corrected chi connectivity index (χ0v) is 9.20. The molecule has 0 spiro atoms. The fraction of sp³-hybridized carbons (Fsp3) is 0.545. The van der Waals surface area contributed by atoms with Gasteiger partial charge in [-0.05, 0) is 12.1 Å². The molecule has 78 valence electrons. The third kappa shape index (κ3) is 3.75. The number of likely N-dealkylation sites (N-methyl/N-ethyl adjacent to an activating group) is 1. The number of nitrogens with zero attached hydrogens (tertiary/aromatic N) is 2. The van der Waals surface area contributed by atoms with E-state index in [9.17, 15) is 0 Å². The first-order chi connectivity index (χ1) is 6.70. The van der Waals surface area contributed by atoms with Gasteiger partial charge in [-0.3, -0.25) is 4.98 Å². The maximum absolute atomic E-state index is 3.99. The number of aromatic nitrogens is 1. The smallest absolute Gasteiger partial charge is 0.0394 e. The summed E-state index contributed by atoms with van der Waals surface area (Å²) in [5.74, 6) is 0. The van der Waals surface area contributed by atoms with Crippen molar-refractivity contribution in [3.63, 3.8) is 0 Å². The molecule has 0 amide bonds. The highest BCUT2D eigenvalue weighted by molar-refractivity contribution is 5.43. The predicted octanol–water partition coefficient (Wildman–Crippen LogP) is 1.52. The average molecular weight is 193 g/mol. The Hall–Kier alpha value is -1.09. The molecule has 0 bridgehead atoms. The molecule has 0 atom stereocenters. The highest BCUT2D eigenvalue weighted by Crippen LogP contribution is 2.08. The molecular formula is C11H19N3. The van der Waals surface area contributed by atoms with Crippen LogP contribution in [0.15, 0.2) is 24.5 Å². The van der Waals surface area contributed by atoms with Crippen LogP contribution in [0.25, 0.3) is 0 Å². The Kier molecular flexibility index (Phi) is 4.40. The Labute approximate surface area is 86.2 Å². The van der Waals surface area contributed by atoms with E-state index in [-0.39, 0.29) is 0 Å². The molecule has 3 nitrogen and oxygen atoms in total. The van der Waals surface area contributed by atoms with Gasteiger partial charge in [0.25, 0.3) is 0 Å². The molecular weight excluding hydrogens is 174 g/mol. The van der Waals surface area contributed by atoms with E-state index in [2.05, 4.69) is 36.1 Å². The average Bonchev–Trinajstić information content (AvgIpc) is 2.18. The van der Waals surface area contributed by atoms with Gasteiger partial charge in [0.15, 0.2) is 0 Å². The molecule has 1 rings (SSSR count). The lowest BCUT2D eigenvalue weighted by atomic mass is 10.3. The second-order valence-electron chi connectivity index (χ2n) is 3.74. The molecule has 3 heteroatoms. The standard InChI is InChI=1S/C11H19N3/c1-10(2)13-8-9-14(3)11-4-6-12-7-5-11/h4-7,10,13H,8-9H2,1-3H3. The molecule has 0 aliphatic rings. The minimum absolute atomic E-state index is 0.556. The van der Waals surface area contributed by atoms with Crippen LogP contribution >= 0.6 is 0 Å². The summed E-state index contributed by atoms with van der Waals surface area (Å²) in [6.45, 7) is 6.34. The van der Waals surface area contributed by atoms with Crippen molar-refractivity contribution in [2.75, 3.05) is 25.0 Å². The Balaban J connectivity index is 2.32. The molecule has 0 unspecified atom stereocenters. The topological polar surface area (TPSA) is 28.2 Å². The van der Waals surface area contributed by atoms with Crippen LogP contribution < -0.4 is 10.2 Å². The SMILES string of the molecule is CC(C)NCCN(C)c1ccncc1. The molecule has 0 saturated heterocycles. The number of anilines is 1. The van der Waals surface area contributed by atoms with Gasteiger partial charge in [-0.15, -0.1) is 0 Å². The monoisotopic (exact) mass is 193 g/mol. The zero-order chi connectivity index (χ0) is 10.4. The summed E-state index contributed by atoms with van der Waals surface area (Å²) >= 11 is 0. The Morgan fingerprint density at radius 2 is 2.00 bits per heavy atom. The van der Waals surface area contributed by atoms with Crippen molar-refractivity contribution in [3.05, 3.63) is 24.5 Å². The number of hydrogen-bond acceptors (Lipinski definition) is 3. The van der Waals surface area contributed by atoms with E-state index in [1.165, 1.54) is 5.69 Å². The van der Waals surface area contributed by atoms with Gasteiger partial charge in [-0.2, -0.15) is 0 Å². The summed E-state index contributed by atoms with van der Waals surface area (Å²) in [6.07, 6.45) is 3.64. The van der Waals surface area contributed by atoms with Crippen LogP contribution in [-0.4, -0.2) is 31.2 Å². The molecule has 0 saturated carbocycles. The lowest BCUT2D eigenvalue weighted by Crippen LogP contribution is -2.32. The first-order valence-electron chi connectivity index (χ1n) is 5.04. The molecule has 1 aromatic heterocycles. The van der Waals surface area contributed by atoms with Crippen LogP contribution in [0.1, 0.15) is 13.8 Å². The van der Waals surface area contributed by atoms with E-state index in [1.54, 1.807) is 0 Å². The second kappa shape index (κ2) is 5.60. The third-order valence-electron chi connectivity index (χ3n) is 2.10. The zero-order valence-electron chi connectivity index (χ0n) is 9.20. The summed E-state index contributed by atoms with van der Waals surface area (Å²) in [4.78, 5) is 6.21. The maximum atomic E-state index is 3.99. The summed E-state index contributed by atoms with van der Waals surface area (Å²) in [7, 11) is 2.09. The van der Waals surface area contributed by atoms with Crippen LogP contribution in [-0.2, 0) is 0 Å². The Morgan fingerprint density at radius 1 is 1.36 bits per heavy atom. The number of pyridine rings is 1. The van der Waals surface area contributed by atoms with Crippen molar-refractivity contribution >= 4 is 5.69 Å². The third-order valence-corrected chi connectivity index (χ3v) is 2.10. The first-order valence-corrected chi connectivity index (χ1v) is 5.04. The highest BCUT2D eigenvalue weighted by Gasteiger charge is 1.99. The van der Waals surface area contributed by atoms with Crippen molar-refractivity contribution < 1.29 is 0 Å². The Morgan fingerprint density at radius 3 is 2.57 bits per heavy atom. The fourth-order valence-electron chi connectivity index (χ4n) is 1.25. The van der Waals surface area contributed by atoms with Crippen LogP contribution in [0.2, 0.25) is 0 Å². The summed E-state index contributed by atoms with van der Waals surface area (Å²) < 4.78 is 0. The first kappa shape index (κ1) is 11.0. The number of rotatable bonds is 5. The molecule has 14 heavy (non-hydrogen) atoms. The molecule has 1 aromatic rings. The Bertz CT molecular complexity index is 246. The van der Waals surface area contributed by atoms with Crippen molar-refractivity contribution in [2.24, 2.45) is 0 Å². The van der Waals surface area contributed by atoms with E-state index in [0.717, 1.165) is 13.1 Å². The molecule has 1 heterocycles. The quantitative estimate of drug-likeness (QED) is 0.768. The molecule has 0 aliphatic heterocycles. The lowest BCUT2D eigenvalue weighted by molar-refractivity contribution is 0.589. The molecule has 0 aliphatic carbocycles. The normalized spacial score (nSPS) is 10.6. The van der Waals surface area contributed by atoms with Gasteiger partial charge in [0.05, 0.1) is 0 Å². The molecule has 1 N–H and O–H groups in total. The van der Waals surface area contributed by atoms with Gasteiger partial charge in [-0.1, -0.05) is 13.8 Å². The van der Waals surface area contributed by atoms with Gasteiger partial charge in [0.2, 0.25) is 0 Å². The van der Waals surface area contributed by atoms with Gasteiger partial charge in [0.1, 0.15) is 0 Å². The van der Waals surface area contributed by atoms with Gasteiger partial charge >= 0.3 is 0 Å². The van der Waals surface area contributed by atoms with E-state index in [1.807, 2.05) is 24.5 Å². The largest absolute Gasteiger partial charge is 0.373 e. The van der Waals surface area contributed by atoms with E-state index in [4.69, 9.17) is 0 Å². The summed E-state index contributed by atoms with van der Waals surface area (Å²) in [6, 6.07) is 4.60. The van der Waals surface area contributed by atoms with Crippen LogP contribution in [0.3, 0.4) is 0 Å². The van der Waals surface area contributed by atoms with Crippen LogP contribution in [0.4, 0.5) is 5.69 Å². The minimum atomic E-state index is 0.556. The van der Waals surface area contributed by atoms with Crippen molar-refractivity contribution in [1.82, 2.24) is 10.3 Å². The number of hydrogen-bond donors (Lipinski definition) is 1. The highest BCUT2D eigenvalue weighted by atomic mass is 15.1. The van der Waals surface area contributed by atoms with E-state index >= 15 is 0 Å². The van der Waals surface area contributed by atoms with Crippen molar-refractivity contribution in [1.29, 1.82) is 0 Å². The van der Waals surface area contributed by atoms with Gasteiger partial charge in [-0.25, -0.2) is 0 Å². The molecule has 0 aromatic carbocycles. The minimum Gasteiger partial charge on any atom is -0.373 e. The van der Waals surface area contributed by atoms with E-state index < -0.39 is 0 Å². The predicted molar refractivity (Wildman–Crippen MR) is 60.6 cm³/mol. The van der Waals surface area contributed by atoms with Crippen LogP contribution in [0.5, 0.6) is 0 Å². The molecule has 0 radical (unpaired) electrons. The van der Waals surface area contributed by atoms with E-state index in [0.29, 0.717) is 6.04 Å². The maximum Gasteiger partial charge on any atom is 0.0394 e. The number of nitrogens with one attached hydrogen (secondary N) is 1. The van der Waals surface area contributed by atoms with Crippen molar-refractivity contribution in [3.8, 4) is 0 Å². The molecule has 0 fully saturated rings. The van der Waals surface area contributed by atoms with Crippen molar-refractivity contribution in [2.45, 2.75) is 19.9 Å².